The number of rotatable bonds is 3. The van der Waals surface area contributed by atoms with Gasteiger partial charge in [-0.3, -0.25) is 10.1 Å². The largest absolute Gasteiger partial charge is 0.432 e. The average Bonchev–Trinajstić information content (AvgIpc) is 2.86. The van der Waals surface area contributed by atoms with Gasteiger partial charge in [-0.2, -0.15) is 4.98 Å². The fourth-order valence-corrected chi connectivity index (χ4v) is 1.69. The molecule has 2 aromatic rings. The molecule has 0 atom stereocenters. The van der Waals surface area contributed by atoms with E-state index in [0.717, 1.165) is 11.1 Å². The van der Waals surface area contributed by atoms with Crippen LogP contribution in [0.3, 0.4) is 0 Å². The standard InChI is InChI=1S/C16H16N2O3/c1-11-6-7-14(9-13(11)5-3-4-8-19)15(20)18-16-17-12(2)10-21-16/h6-7,9-10,19H,4,8H2,1-2H3,(H,17,18,20). The number of oxazole rings is 1. The van der Waals surface area contributed by atoms with Crippen molar-refractivity contribution in [3.63, 3.8) is 0 Å². The first kappa shape index (κ1) is 14.8. The smallest absolute Gasteiger partial charge is 0.301 e. The van der Waals surface area contributed by atoms with Crippen molar-refractivity contribution in [1.82, 2.24) is 4.98 Å². The highest BCUT2D eigenvalue weighted by atomic mass is 16.4. The van der Waals surface area contributed by atoms with Gasteiger partial charge in [0.05, 0.1) is 12.3 Å². The molecule has 0 fully saturated rings. The molecule has 2 N–H and O–H groups in total. The molecule has 108 valence electrons. The van der Waals surface area contributed by atoms with Crippen molar-refractivity contribution in [2.75, 3.05) is 11.9 Å². The Morgan fingerprint density at radius 2 is 2.24 bits per heavy atom. The van der Waals surface area contributed by atoms with E-state index >= 15 is 0 Å². The van der Waals surface area contributed by atoms with Crippen LogP contribution in [-0.4, -0.2) is 22.6 Å². The maximum atomic E-state index is 12.1. The molecule has 5 nitrogen and oxygen atoms in total. The maximum absolute atomic E-state index is 12.1. The van der Waals surface area contributed by atoms with Gasteiger partial charge in [-0.05, 0) is 31.5 Å². The predicted molar refractivity (Wildman–Crippen MR) is 79.0 cm³/mol. The molecule has 0 unspecified atom stereocenters. The lowest BCUT2D eigenvalue weighted by Gasteiger charge is -2.04. The molecular weight excluding hydrogens is 268 g/mol. The first-order valence-electron chi connectivity index (χ1n) is 6.54. The summed E-state index contributed by atoms with van der Waals surface area (Å²) in [6, 6.07) is 5.44. The topological polar surface area (TPSA) is 75.4 Å². The number of aliphatic hydroxyl groups excluding tert-OH is 1. The fraction of sp³-hybridized carbons (Fsp3) is 0.250. The maximum Gasteiger partial charge on any atom is 0.301 e. The van der Waals surface area contributed by atoms with E-state index < -0.39 is 0 Å². The monoisotopic (exact) mass is 284 g/mol. The van der Waals surface area contributed by atoms with E-state index in [1.165, 1.54) is 6.26 Å². The molecule has 1 heterocycles. The normalized spacial score (nSPS) is 9.86. The van der Waals surface area contributed by atoms with Crippen molar-refractivity contribution >= 4 is 11.9 Å². The minimum absolute atomic E-state index is 0.0236. The lowest BCUT2D eigenvalue weighted by Crippen LogP contribution is -2.12. The summed E-state index contributed by atoms with van der Waals surface area (Å²) in [5.41, 5.74) is 2.91. The Kier molecular flexibility index (Phi) is 4.75. The molecule has 0 bridgehead atoms. The van der Waals surface area contributed by atoms with Crippen LogP contribution in [0.2, 0.25) is 0 Å². The Bertz CT molecular complexity index is 708. The van der Waals surface area contributed by atoms with Gasteiger partial charge in [0.15, 0.2) is 0 Å². The van der Waals surface area contributed by atoms with E-state index in [4.69, 9.17) is 9.52 Å². The minimum Gasteiger partial charge on any atom is -0.432 e. The van der Waals surface area contributed by atoms with Gasteiger partial charge in [0.25, 0.3) is 5.91 Å². The average molecular weight is 284 g/mol. The van der Waals surface area contributed by atoms with E-state index in [1.54, 1.807) is 19.1 Å². The van der Waals surface area contributed by atoms with Crippen molar-refractivity contribution in [3.05, 3.63) is 46.8 Å². The van der Waals surface area contributed by atoms with E-state index in [-0.39, 0.29) is 18.5 Å². The van der Waals surface area contributed by atoms with Crippen LogP contribution in [0.1, 0.15) is 33.6 Å². The zero-order valence-corrected chi connectivity index (χ0v) is 11.9. The van der Waals surface area contributed by atoms with Gasteiger partial charge in [-0.25, -0.2) is 0 Å². The summed E-state index contributed by atoms with van der Waals surface area (Å²) in [6.45, 7) is 3.72. The van der Waals surface area contributed by atoms with Gasteiger partial charge in [0.2, 0.25) is 0 Å². The summed E-state index contributed by atoms with van der Waals surface area (Å²) in [6.07, 6.45) is 1.88. The molecule has 0 radical (unpaired) electrons. The van der Waals surface area contributed by atoms with Crippen LogP contribution in [0.15, 0.2) is 28.9 Å². The second kappa shape index (κ2) is 6.73. The number of hydrogen-bond acceptors (Lipinski definition) is 4. The minimum atomic E-state index is -0.304. The zero-order chi connectivity index (χ0) is 15.2. The summed E-state index contributed by atoms with van der Waals surface area (Å²) in [7, 11) is 0. The van der Waals surface area contributed by atoms with E-state index in [2.05, 4.69) is 22.1 Å². The third kappa shape index (κ3) is 3.94. The molecule has 1 aromatic heterocycles. The molecule has 1 aromatic carbocycles. The fourth-order valence-electron chi connectivity index (χ4n) is 1.69. The number of carbonyl (C=O) groups is 1. The Labute approximate surface area is 123 Å². The quantitative estimate of drug-likeness (QED) is 0.848. The summed E-state index contributed by atoms with van der Waals surface area (Å²) >= 11 is 0. The number of benzene rings is 1. The number of anilines is 1. The van der Waals surface area contributed by atoms with Gasteiger partial charge in [-0.1, -0.05) is 17.9 Å². The van der Waals surface area contributed by atoms with Crippen LogP contribution in [0, 0.1) is 25.7 Å². The Balaban J connectivity index is 2.18. The molecular formula is C16H16N2O3. The van der Waals surface area contributed by atoms with Crippen LogP contribution in [0.5, 0.6) is 0 Å². The van der Waals surface area contributed by atoms with Crippen molar-refractivity contribution in [3.8, 4) is 11.8 Å². The lowest BCUT2D eigenvalue weighted by molar-refractivity contribution is 0.102. The van der Waals surface area contributed by atoms with Crippen molar-refractivity contribution in [1.29, 1.82) is 0 Å². The highest BCUT2D eigenvalue weighted by Gasteiger charge is 2.10. The Morgan fingerprint density at radius 3 is 2.90 bits per heavy atom. The molecule has 0 saturated heterocycles. The second-order valence-corrected chi connectivity index (χ2v) is 4.55. The third-order valence-corrected chi connectivity index (χ3v) is 2.80. The van der Waals surface area contributed by atoms with Crippen LogP contribution in [0.4, 0.5) is 6.01 Å². The van der Waals surface area contributed by atoms with Gasteiger partial charge < -0.3 is 9.52 Å². The molecule has 2 rings (SSSR count). The lowest BCUT2D eigenvalue weighted by atomic mass is 10.0. The van der Waals surface area contributed by atoms with E-state index in [9.17, 15) is 4.79 Å². The molecule has 21 heavy (non-hydrogen) atoms. The number of amides is 1. The molecule has 0 spiro atoms. The first-order valence-corrected chi connectivity index (χ1v) is 6.54. The van der Waals surface area contributed by atoms with Gasteiger partial charge in [0.1, 0.15) is 6.26 Å². The molecule has 0 saturated carbocycles. The van der Waals surface area contributed by atoms with Crippen molar-refractivity contribution < 1.29 is 14.3 Å². The van der Waals surface area contributed by atoms with Crippen LogP contribution < -0.4 is 5.32 Å². The Hall–Kier alpha value is -2.58. The molecule has 0 aliphatic heterocycles. The molecule has 1 amide bonds. The van der Waals surface area contributed by atoms with Crippen LogP contribution in [0.25, 0.3) is 0 Å². The van der Waals surface area contributed by atoms with Gasteiger partial charge >= 0.3 is 6.01 Å². The first-order chi connectivity index (χ1) is 10.1. The third-order valence-electron chi connectivity index (χ3n) is 2.80. The summed E-state index contributed by atoms with van der Waals surface area (Å²) < 4.78 is 5.09. The number of hydrogen-bond donors (Lipinski definition) is 2. The Morgan fingerprint density at radius 1 is 1.43 bits per heavy atom. The highest BCUT2D eigenvalue weighted by Crippen LogP contribution is 2.13. The molecule has 0 aliphatic rings. The number of aliphatic hydroxyl groups is 1. The molecule has 5 heteroatoms. The van der Waals surface area contributed by atoms with Gasteiger partial charge in [-0.15, -0.1) is 0 Å². The summed E-state index contributed by atoms with van der Waals surface area (Å²) in [4.78, 5) is 16.1. The van der Waals surface area contributed by atoms with Gasteiger partial charge in [0, 0.05) is 17.5 Å². The highest BCUT2D eigenvalue weighted by molar-refractivity contribution is 6.03. The number of nitrogens with one attached hydrogen (secondary N) is 1. The number of carbonyl (C=O) groups excluding carboxylic acids is 1. The SMILES string of the molecule is Cc1coc(NC(=O)c2ccc(C)c(C#CCCO)c2)n1. The summed E-state index contributed by atoms with van der Waals surface area (Å²) in [5.74, 6) is 5.49. The number of nitrogens with zero attached hydrogens (tertiary/aromatic N) is 1. The predicted octanol–water partition coefficient (Wildman–Crippen LogP) is 2.28. The van der Waals surface area contributed by atoms with Crippen molar-refractivity contribution in [2.24, 2.45) is 0 Å². The van der Waals surface area contributed by atoms with E-state index in [1.807, 2.05) is 13.0 Å². The van der Waals surface area contributed by atoms with E-state index in [0.29, 0.717) is 17.7 Å². The van der Waals surface area contributed by atoms with Crippen LogP contribution in [-0.2, 0) is 0 Å². The summed E-state index contributed by atoms with van der Waals surface area (Å²) in [5, 5.41) is 11.3. The second-order valence-electron chi connectivity index (χ2n) is 4.55. The number of aryl methyl sites for hydroxylation is 2. The molecule has 0 aliphatic carbocycles. The zero-order valence-electron chi connectivity index (χ0n) is 11.9. The number of aromatic nitrogens is 1. The van der Waals surface area contributed by atoms with Crippen molar-refractivity contribution in [2.45, 2.75) is 20.3 Å². The van der Waals surface area contributed by atoms with Crippen LogP contribution >= 0.6 is 0 Å².